The molecule has 90 valence electrons. The Morgan fingerprint density at radius 2 is 1.73 bits per heavy atom. The van der Waals surface area contributed by atoms with Crippen molar-refractivity contribution in [2.45, 2.75) is 70.4 Å². The Bertz CT molecular complexity index is 141. The van der Waals surface area contributed by atoms with Crippen molar-refractivity contribution in [3.8, 4) is 0 Å². The summed E-state index contributed by atoms with van der Waals surface area (Å²) in [6.07, 6.45) is 13.6. The van der Waals surface area contributed by atoms with Crippen LogP contribution < -0.4 is 5.32 Å². The topological polar surface area (TPSA) is 12.0 Å². The molecular weight excluding hydrogens is 202 g/mol. The maximum Gasteiger partial charge on any atom is 0.00695 e. The molecule has 1 aliphatic carbocycles. The van der Waals surface area contributed by atoms with E-state index in [-0.39, 0.29) is 0 Å². The van der Waals surface area contributed by atoms with Crippen molar-refractivity contribution >= 4 is 11.8 Å². The average molecular weight is 229 g/mol. The van der Waals surface area contributed by atoms with Gasteiger partial charge in [-0.2, -0.15) is 11.8 Å². The lowest BCUT2D eigenvalue weighted by molar-refractivity contribution is 0.356. The molecule has 2 heteroatoms. The summed E-state index contributed by atoms with van der Waals surface area (Å²) in [4.78, 5) is 0. The normalized spacial score (nSPS) is 22.0. The summed E-state index contributed by atoms with van der Waals surface area (Å²) in [5, 5.41) is 3.81. The second kappa shape index (κ2) is 8.46. The van der Waals surface area contributed by atoms with Crippen LogP contribution in [-0.2, 0) is 0 Å². The van der Waals surface area contributed by atoms with Crippen LogP contribution in [0.25, 0.3) is 0 Å². The average Bonchev–Trinajstić information content (AvgIpc) is 2.19. The highest BCUT2D eigenvalue weighted by atomic mass is 32.2. The number of nitrogens with one attached hydrogen (secondary N) is 1. The summed E-state index contributed by atoms with van der Waals surface area (Å²) in [7, 11) is 0. The molecule has 0 aromatic carbocycles. The van der Waals surface area contributed by atoms with Crippen molar-refractivity contribution in [3.63, 3.8) is 0 Å². The van der Waals surface area contributed by atoms with E-state index in [1.54, 1.807) is 0 Å². The molecule has 0 aromatic heterocycles. The van der Waals surface area contributed by atoms with Gasteiger partial charge in [0.1, 0.15) is 0 Å². The minimum absolute atomic E-state index is 0.710. The maximum atomic E-state index is 3.81. The molecule has 15 heavy (non-hydrogen) atoms. The molecule has 1 unspecified atom stereocenters. The van der Waals surface area contributed by atoms with E-state index in [9.17, 15) is 0 Å². The van der Waals surface area contributed by atoms with Crippen LogP contribution in [0.1, 0.15) is 58.3 Å². The Balaban J connectivity index is 2.16. The maximum absolute atomic E-state index is 3.81. The fourth-order valence-electron chi connectivity index (χ4n) is 2.40. The fourth-order valence-corrected chi connectivity index (χ4v) is 2.99. The Morgan fingerprint density at radius 1 is 1.13 bits per heavy atom. The van der Waals surface area contributed by atoms with E-state index in [1.807, 2.05) is 11.8 Å². The van der Waals surface area contributed by atoms with Gasteiger partial charge in [-0.25, -0.2) is 0 Å². The van der Waals surface area contributed by atoms with Crippen LogP contribution in [0.15, 0.2) is 0 Å². The molecule has 0 amide bonds. The van der Waals surface area contributed by atoms with Crippen molar-refractivity contribution in [1.82, 2.24) is 5.32 Å². The predicted molar refractivity (Wildman–Crippen MR) is 71.7 cm³/mol. The third-order valence-electron chi connectivity index (χ3n) is 3.38. The van der Waals surface area contributed by atoms with Crippen LogP contribution >= 0.6 is 11.8 Å². The highest BCUT2D eigenvalue weighted by Gasteiger charge is 2.13. The van der Waals surface area contributed by atoms with Crippen LogP contribution in [0.3, 0.4) is 0 Å². The number of hydrogen-bond acceptors (Lipinski definition) is 2. The zero-order chi connectivity index (χ0) is 10.9. The van der Waals surface area contributed by atoms with Gasteiger partial charge < -0.3 is 5.32 Å². The Morgan fingerprint density at radius 3 is 2.33 bits per heavy atom. The minimum Gasteiger partial charge on any atom is -0.311 e. The van der Waals surface area contributed by atoms with Gasteiger partial charge in [0.05, 0.1) is 0 Å². The lowest BCUT2D eigenvalue weighted by atomic mass is 9.96. The third kappa shape index (κ3) is 6.47. The van der Waals surface area contributed by atoms with E-state index in [4.69, 9.17) is 0 Å². The molecule has 1 nitrogen and oxygen atoms in total. The van der Waals surface area contributed by atoms with Crippen molar-refractivity contribution < 1.29 is 0 Å². The lowest BCUT2D eigenvalue weighted by Gasteiger charge is -2.25. The number of thioether (sulfide) groups is 1. The predicted octanol–water partition coefficient (Wildman–Crippen LogP) is 3.83. The largest absolute Gasteiger partial charge is 0.311 e. The second-order valence-electron chi connectivity index (χ2n) is 4.89. The first-order valence-electron chi connectivity index (χ1n) is 6.58. The molecule has 0 spiro atoms. The third-order valence-corrected chi connectivity index (χ3v) is 4.02. The lowest BCUT2D eigenvalue weighted by Crippen LogP contribution is -2.37. The highest BCUT2D eigenvalue weighted by Crippen LogP contribution is 2.17. The van der Waals surface area contributed by atoms with Gasteiger partial charge >= 0.3 is 0 Å². The Labute approximate surface area is 99.8 Å². The molecule has 1 N–H and O–H groups in total. The molecule has 1 rings (SSSR count). The minimum atomic E-state index is 0.710. The molecule has 1 aliphatic rings. The van der Waals surface area contributed by atoms with Gasteiger partial charge in [0, 0.05) is 12.1 Å². The van der Waals surface area contributed by atoms with Gasteiger partial charge in [-0.05, 0) is 38.2 Å². The number of hydrogen-bond donors (Lipinski definition) is 1. The van der Waals surface area contributed by atoms with E-state index >= 15 is 0 Å². The molecule has 1 atom stereocenters. The van der Waals surface area contributed by atoms with Gasteiger partial charge in [0.2, 0.25) is 0 Å². The Hall–Kier alpha value is 0.310. The molecule has 0 saturated heterocycles. The van der Waals surface area contributed by atoms with Crippen LogP contribution in [0.2, 0.25) is 0 Å². The van der Waals surface area contributed by atoms with Crippen molar-refractivity contribution in [1.29, 1.82) is 0 Å². The molecule has 0 radical (unpaired) electrons. The molecule has 0 heterocycles. The van der Waals surface area contributed by atoms with Gasteiger partial charge in [-0.1, -0.05) is 32.1 Å². The summed E-state index contributed by atoms with van der Waals surface area (Å²) < 4.78 is 0. The second-order valence-corrected chi connectivity index (χ2v) is 5.88. The summed E-state index contributed by atoms with van der Waals surface area (Å²) in [5.41, 5.74) is 0. The standard InChI is InChI=1S/C13H27NS/c1-12(10-11-15-2)14-13-8-6-4-3-5-7-9-13/h12-14H,3-11H2,1-2H3. The van der Waals surface area contributed by atoms with Gasteiger partial charge in [-0.15, -0.1) is 0 Å². The van der Waals surface area contributed by atoms with Crippen LogP contribution in [-0.4, -0.2) is 24.1 Å². The summed E-state index contributed by atoms with van der Waals surface area (Å²) in [6.45, 7) is 2.34. The summed E-state index contributed by atoms with van der Waals surface area (Å²) in [6, 6.07) is 1.52. The fraction of sp³-hybridized carbons (Fsp3) is 1.00. The monoisotopic (exact) mass is 229 g/mol. The van der Waals surface area contributed by atoms with Gasteiger partial charge in [-0.3, -0.25) is 0 Å². The summed E-state index contributed by atoms with van der Waals surface area (Å²) in [5.74, 6) is 1.29. The first kappa shape index (κ1) is 13.4. The molecule has 1 saturated carbocycles. The first-order valence-corrected chi connectivity index (χ1v) is 7.97. The quantitative estimate of drug-likeness (QED) is 0.769. The van der Waals surface area contributed by atoms with Crippen LogP contribution in [0.5, 0.6) is 0 Å². The molecular formula is C13H27NS. The SMILES string of the molecule is CSCCC(C)NC1CCCCCCC1. The van der Waals surface area contributed by atoms with Crippen LogP contribution in [0.4, 0.5) is 0 Å². The summed E-state index contributed by atoms with van der Waals surface area (Å²) >= 11 is 1.96. The van der Waals surface area contributed by atoms with E-state index in [1.165, 1.54) is 57.1 Å². The highest BCUT2D eigenvalue weighted by molar-refractivity contribution is 7.98. The smallest absolute Gasteiger partial charge is 0.00695 e. The van der Waals surface area contributed by atoms with Crippen molar-refractivity contribution in [3.05, 3.63) is 0 Å². The van der Waals surface area contributed by atoms with E-state index in [0.717, 1.165) is 6.04 Å². The zero-order valence-corrected chi connectivity index (χ0v) is 11.2. The zero-order valence-electron chi connectivity index (χ0n) is 10.4. The molecule has 1 fully saturated rings. The van der Waals surface area contributed by atoms with Crippen molar-refractivity contribution in [2.75, 3.05) is 12.0 Å². The van der Waals surface area contributed by atoms with E-state index < -0.39 is 0 Å². The number of rotatable bonds is 5. The van der Waals surface area contributed by atoms with E-state index in [0.29, 0.717) is 6.04 Å². The van der Waals surface area contributed by atoms with E-state index in [2.05, 4.69) is 18.5 Å². The molecule has 0 aromatic rings. The first-order chi connectivity index (χ1) is 7.33. The van der Waals surface area contributed by atoms with Gasteiger partial charge in [0.25, 0.3) is 0 Å². The Kier molecular flexibility index (Phi) is 7.54. The molecule has 0 bridgehead atoms. The van der Waals surface area contributed by atoms with Crippen LogP contribution in [0, 0.1) is 0 Å². The van der Waals surface area contributed by atoms with Gasteiger partial charge in [0.15, 0.2) is 0 Å². The molecule has 0 aliphatic heterocycles. The van der Waals surface area contributed by atoms with Crippen molar-refractivity contribution in [2.24, 2.45) is 0 Å².